The van der Waals surface area contributed by atoms with Gasteiger partial charge in [-0.15, -0.1) is 0 Å². The highest BCUT2D eigenvalue weighted by atomic mass is 16.5. The van der Waals surface area contributed by atoms with Crippen molar-refractivity contribution in [3.8, 4) is 5.75 Å². The predicted octanol–water partition coefficient (Wildman–Crippen LogP) is 3.31. The van der Waals surface area contributed by atoms with Crippen molar-refractivity contribution in [2.24, 2.45) is 0 Å². The number of hydrogen-bond donors (Lipinski definition) is 1. The van der Waals surface area contributed by atoms with Crippen molar-refractivity contribution in [1.29, 1.82) is 0 Å². The van der Waals surface area contributed by atoms with Gasteiger partial charge in [0.15, 0.2) is 0 Å². The first-order valence-corrected chi connectivity index (χ1v) is 5.55. The van der Waals surface area contributed by atoms with E-state index in [0.717, 1.165) is 16.9 Å². The lowest BCUT2D eigenvalue weighted by atomic mass is 9.99. The number of hydrogen-bond acceptors (Lipinski definition) is 2. The van der Waals surface area contributed by atoms with Gasteiger partial charge in [-0.05, 0) is 42.2 Å². The summed E-state index contributed by atoms with van der Waals surface area (Å²) in [6.45, 7) is 5.74. The smallest absolute Gasteiger partial charge is 0.331 e. The second kappa shape index (κ2) is 5.53. The van der Waals surface area contributed by atoms with Gasteiger partial charge < -0.3 is 9.84 Å². The Morgan fingerprint density at radius 3 is 2.53 bits per heavy atom. The van der Waals surface area contributed by atoms with Crippen molar-refractivity contribution in [2.45, 2.75) is 26.7 Å². The zero-order valence-electron chi connectivity index (χ0n) is 10.7. The molecule has 1 aromatic rings. The van der Waals surface area contributed by atoms with Crippen LogP contribution in [-0.2, 0) is 4.79 Å². The van der Waals surface area contributed by atoms with Crippen LogP contribution in [0.3, 0.4) is 0 Å². The summed E-state index contributed by atoms with van der Waals surface area (Å²) >= 11 is 0. The number of ether oxygens (including phenoxy) is 1. The van der Waals surface area contributed by atoms with E-state index in [9.17, 15) is 4.79 Å². The van der Waals surface area contributed by atoms with E-state index in [-0.39, 0.29) is 0 Å². The molecule has 0 fully saturated rings. The maximum atomic E-state index is 10.8. The van der Waals surface area contributed by atoms with Crippen molar-refractivity contribution in [2.75, 3.05) is 7.11 Å². The lowest BCUT2D eigenvalue weighted by Gasteiger charge is -2.12. The summed E-state index contributed by atoms with van der Waals surface area (Å²) in [6.07, 6.45) is 1.66. The lowest BCUT2D eigenvalue weighted by Crippen LogP contribution is -1.97. The molecule has 0 aromatic heterocycles. The highest BCUT2D eigenvalue weighted by Gasteiger charge is 2.08. The Kier molecular flexibility index (Phi) is 4.32. The molecule has 0 radical (unpaired) electrons. The monoisotopic (exact) mass is 234 g/mol. The quantitative estimate of drug-likeness (QED) is 0.813. The van der Waals surface area contributed by atoms with Gasteiger partial charge in [-0.25, -0.2) is 4.79 Å². The van der Waals surface area contributed by atoms with E-state index >= 15 is 0 Å². The third-order valence-electron chi connectivity index (χ3n) is 2.60. The van der Waals surface area contributed by atoms with Crippen LogP contribution in [0, 0.1) is 0 Å². The minimum absolute atomic E-state index is 0.324. The highest BCUT2D eigenvalue weighted by Crippen LogP contribution is 2.28. The number of aliphatic carboxylic acids is 1. The van der Waals surface area contributed by atoms with Crippen LogP contribution in [0.4, 0.5) is 0 Å². The van der Waals surface area contributed by atoms with Gasteiger partial charge in [-0.3, -0.25) is 0 Å². The van der Waals surface area contributed by atoms with Crippen molar-refractivity contribution in [3.05, 3.63) is 34.9 Å². The molecular formula is C14H18O3. The number of rotatable bonds is 4. The van der Waals surface area contributed by atoms with Gasteiger partial charge in [0.25, 0.3) is 0 Å². The first-order valence-electron chi connectivity index (χ1n) is 5.55. The van der Waals surface area contributed by atoms with Crippen LogP contribution < -0.4 is 4.74 Å². The van der Waals surface area contributed by atoms with Gasteiger partial charge in [0.2, 0.25) is 0 Å². The van der Waals surface area contributed by atoms with Crippen LogP contribution in [0.1, 0.15) is 37.8 Å². The van der Waals surface area contributed by atoms with E-state index in [1.165, 1.54) is 0 Å². The minimum Gasteiger partial charge on any atom is -0.496 e. The van der Waals surface area contributed by atoms with Gasteiger partial charge in [-0.1, -0.05) is 19.9 Å². The van der Waals surface area contributed by atoms with E-state index in [0.29, 0.717) is 11.5 Å². The molecular weight excluding hydrogens is 216 g/mol. The molecule has 0 spiro atoms. The molecule has 3 heteroatoms. The standard InChI is InChI=1S/C14H18O3/c1-9(2)12-8-11(5-6-13(12)17-4)7-10(3)14(15)16/h5-9H,1-4H3,(H,15,16)/b10-7+. The average Bonchev–Trinajstić information content (AvgIpc) is 2.28. The number of carboxylic acids is 1. The highest BCUT2D eigenvalue weighted by molar-refractivity contribution is 5.91. The van der Waals surface area contributed by atoms with E-state index in [1.54, 1.807) is 20.1 Å². The Bertz CT molecular complexity index is 445. The fraction of sp³-hybridized carbons (Fsp3) is 0.357. The number of benzene rings is 1. The van der Waals surface area contributed by atoms with Crippen LogP contribution in [0.5, 0.6) is 5.75 Å². The summed E-state index contributed by atoms with van der Waals surface area (Å²) < 4.78 is 5.28. The fourth-order valence-electron chi connectivity index (χ4n) is 1.61. The molecule has 0 amide bonds. The predicted molar refractivity (Wildman–Crippen MR) is 68.4 cm³/mol. The van der Waals surface area contributed by atoms with Gasteiger partial charge in [0, 0.05) is 5.57 Å². The number of carbonyl (C=O) groups is 1. The Balaban J connectivity index is 3.17. The summed E-state index contributed by atoms with van der Waals surface area (Å²) in [7, 11) is 1.64. The molecule has 0 aliphatic heterocycles. The SMILES string of the molecule is COc1ccc(/C=C(\C)C(=O)O)cc1C(C)C. The molecule has 0 aliphatic carbocycles. The maximum absolute atomic E-state index is 10.8. The van der Waals surface area contributed by atoms with E-state index < -0.39 is 5.97 Å². The van der Waals surface area contributed by atoms with Crippen molar-refractivity contribution < 1.29 is 14.6 Å². The Morgan fingerprint density at radius 1 is 1.41 bits per heavy atom. The minimum atomic E-state index is -0.896. The van der Waals surface area contributed by atoms with Gasteiger partial charge >= 0.3 is 5.97 Å². The lowest BCUT2D eigenvalue weighted by molar-refractivity contribution is -0.132. The zero-order valence-corrected chi connectivity index (χ0v) is 10.7. The average molecular weight is 234 g/mol. The summed E-state index contributed by atoms with van der Waals surface area (Å²) in [5.41, 5.74) is 2.29. The molecule has 17 heavy (non-hydrogen) atoms. The Labute approximate surface area is 102 Å². The summed E-state index contributed by atoms with van der Waals surface area (Å²) in [5.74, 6) is 0.278. The molecule has 0 aliphatic rings. The van der Waals surface area contributed by atoms with Crippen LogP contribution in [-0.4, -0.2) is 18.2 Å². The van der Waals surface area contributed by atoms with Crippen molar-refractivity contribution in [1.82, 2.24) is 0 Å². The first kappa shape index (κ1) is 13.3. The third-order valence-corrected chi connectivity index (χ3v) is 2.60. The number of carboxylic acid groups (broad SMARTS) is 1. The van der Waals surface area contributed by atoms with Crippen molar-refractivity contribution >= 4 is 12.0 Å². The van der Waals surface area contributed by atoms with Gasteiger partial charge in [-0.2, -0.15) is 0 Å². The Hall–Kier alpha value is -1.77. The van der Waals surface area contributed by atoms with Crippen LogP contribution >= 0.6 is 0 Å². The van der Waals surface area contributed by atoms with Crippen LogP contribution in [0.2, 0.25) is 0 Å². The molecule has 1 aromatic carbocycles. The first-order chi connectivity index (χ1) is 7.95. The topological polar surface area (TPSA) is 46.5 Å². The number of methoxy groups -OCH3 is 1. The summed E-state index contributed by atoms with van der Waals surface area (Å²) in [5, 5.41) is 8.83. The molecule has 0 saturated heterocycles. The van der Waals surface area contributed by atoms with Crippen molar-refractivity contribution in [3.63, 3.8) is 0 Å². The second-order valence-electron chi connectivity index (χ2n) is 4.29. The second-order valence-corrected chi connectivity index (χ2v) is 4.29. The molecule has 1 rings (SSSR count). The maximum Gasteiger partial charge on any atom is 0.331 e. The van der Waals surface area contributed by atoms with E-state index in [4.69, 9.17) is 9.84 Å². The molecule has 0 atom stereocenters. The molecule has 0 heterocycles. The van der Waals surface area contributed by atoms with Crippen LogP contribution in [0.15, 0.2) is 23.8 Å². The van der Waals surface area contributed by atoms with Gasteiger partial charge in [0.05, 0.1) is 7.11 Å². The molecule has 0 bridgehead atoms. The largest absolute Gasteiger partial charge is 0.496 e. The van der Waals surface area contributed by atoms with E-state index in [1.807, 2.05) is 18.2 Å². The fourth-order valence-corrected chi connectivity index (χ4v) is 1.61. The van der Waals surface area contributed by atoms with Crippen LogP contribution in [0.25, 0.3) is 6.08 Å². The molecule has 0 saturated carbocycles. The third kappa shape index (κ3) is 3.34. The molecule has 1 N–H and O–H groups in total. The Morgan fingerprint density at radius 2 is 2.06 bits per heavy atom. The van der Waals surface area contributed by atoms with Gasteiger partial charge in [0.1, 0.15) is 5.75 Å². The molecule has 3 nitrogen and oxygen atoms in total. The van der Waals surface area contributed by atoms with E-state index in [2.05, 4.69) is 13.8 Å². The molecule has 92 valence electrons. The zero-order chi connectivity index (χ0) is 13.0. The molecule has 0 unspecified atom stereocenters. The normalized spacial score (nSPS) is 11.7. The summed E-state index contributed by atoms with van der Waals surface area (Å²) in [4.78, 5) is 10.8. The summed E-state index contributed by atoms with van der Waals surface area (Å²) in [6, 6.07) is 5.70.